The number of likely N-dealkylation sites (tertiary alicyclic amines) is 2. The van der Waals surface area contributed by atoms with E-state index in [1.54, 1.807) is 0 Å². The van der Waals surface area contributed by atoms with E-state index in [1.807, 2.05) is 4.90 Å². The van der Waals surface area contributed by atoms with Crippen LogP contribution < -0.4 is 32.0 Å². The minimum Gasteiger partial charge on any atom is -0.490 e. The molecule has 8 atom stereocenters. The van der Waals surface area contributed by atoms with Crippen LogP contribution >= 0.6 is 0 Å². The summed E-state index contributed by atoms with van der Waals surface area (Å²) in [7, 11) is 0. The van der Waals surface area contributed by atoms with Crippen LogP contribution in [0.2, 0.25) is 0 Å². The van der Waals surface area contributed by atoms with Crippen LogP contribution in [0, 0.1) is 11.3 Å². The molecule has 11 nitrogen and oxygen atoms in total. The van der Waals surface area contributed by atoms with Gasteiger partial charge in [-0.2, -0.15) is 0 Å². The highest BCUT2D eigenvalue weighted by atomic mass is 16.5. The van der Waals surface area contributed by atoms with Crippen LogP contribution in [-0.4, -0.2) is 103 Å². The molecule has 1 spiro atoms. The van der Waals surface area contributed by atoms with Crippen molar-refractivity contribution in [1.82, 2.24) is 46.8 Å². The van der Waals surface area contributed by atoms with Crippen molar-refractivity contribution >= 4 is 5.91 Å². The molecule has 5 saturated heterocycles. The molecular formula is C28H45N9O2. The summed E-state index contributed by atoms with van der Waals surface area (Å²) in [6.45, 7) is 11.5. The average molecular weight is 540 g/mol. The van der Waals surface area contributed by atoms with Gasteiger partial charge in [0.05, 0.1) is 25.0 Å². The molecule has 11 heteroatoms. The van der Waals surface area contributed by atoms with E-state index in [1.165, 1.54) is 18.9 Å². The first-order chi connectivity index (χ1) is 19.0. The van der Waals surface area contributed by atoms with Crippen LogP contribution in [0.15, 0.2) is 36.8 Å². The number of ether oxygens (including phenoxy) is 1. The molecule has 0 bridgehead atoms. The number of hydrogen-bond donors (Lipinski definition) is 6. The summed E-state index contributed by atoms with van der Waals surface area (Å²) >= 11 is 0. The maximum atomic E-state index is 11.9. The first kappa shape index (κ1) is 25.9. The third kappa shape index (κ3) is 5.03. The van der Waals surface area contributed by atoms with Crippen molar-refractivity contribution in [2.24, 2.45) is 11.3 Å². The predicted octanol–water partition coefficient (Wildman–Crippen LogP) is -0.492. The van der Waals surface area contributed by atoms with Gasteiger partial charge in [0.1, 0.15) is 18.0 Å². The Kier molecular flexibility index (Phi) is 6.95. The monoisotopic (exact) mass is 539 g/mol. The summed E-state index contributed by atoms with van der Waals surface area (Å²) in [4.78, 5) is 16.4. The van der Waals surface area contributed by atoms with E-state index in [-0.39, 0.29) is 24.3 Å². The lowest BCUT2D eigenvalue weighted by atomic mass is 9.72. The molecule has 0 aromatic carbocycles. The number of rotatable bonds is 6. The summed E-state index contributed by atoms with van der Waals surface area (Å²) in [6.07, 6.45) is 14.5. The second-order valence-corrected chi connectivity index (χ2v) is 12.8. The van der Waals surface area contributed by atoms with Crippen LogP contribution in [0.5, 0.6) is 0 Å². The number of allylic oxidation sites excluding steroid dienone is 1. The van der Waals surface area contributed by atoms with Crippen molar-refractivity contribution in [2.45, 2.75) is 81.8 Å². The molecule has 6 heterocycles. The van der Waals surface area contributed by atoms with Gasteiger partial charge < -0.3 is 9.64 Å². The Hall–Kier alpha value is -1.99. The Labute approximate surface area is 231 Å². The summed E-state index contributed by atoms with van der Waals surface area (Å²) in [6, 6.07) is 1.33. The Morgan fingerprint density at radius 1 is 1.13 bits per heavy atom. The highest BCUT2D eigenvalue weighted by Gasteiger charge is 2.55. The van der Waals surface area contributed by atoms with Crippen LogP contribution in [-0.2, 0) is 9.53 Å². The van der Waals surface area contributed by atoms with Gasteiger partial charge in [-0.15, -0.1) is 0 Å². The predicted molar refractivity (Wildman–Crippen MR) is 148 cm³/mol. The lowest BCUT2D eigenvalue weighted by Crippen LogP contribution is -2.79. The molecule has 8 unspecified atom stereocenters. The van der Waals surface area contributed by atoms with Crippen LogP contribution in [0.3, 0.4) is 0 Å². The van der Waals surface area contributed by atoms with Crippen molar-refractivity contribution in [1.29, 1.82) is 0 Å². The lowest BCUT2D eigenvalue weighted by molar-refractivity contribution is -0.163. The number of amides is 1. The number of hydrogen-bond acceptors (Lipinski definition) is 10. The zero-order chi connectivity index (χ0) is 26.6. The van der Waals surface area contributed by atoms with Crippen molar-refractivity contribution in [2.75, 3.05) is 39.5 Å². The quantitative estimate of drug-likeness (QED) is 0.248. The molecule has 1 aliphatic carbocycles. The summed E-state index contributed by atoms with van der Waals surface area (Å²) in [5.41, 5.74) is 3.59. The molecule has 7 rings (SSSR count). The summed E-state index contributed by atoms with van der Waals surface area (Å²) in [5.74, 6) is 1.54. The topological polar surface area (TPSA) is 108 Å². The standard InChI is InChI=1S/C28H45N9O2/c1-3-25(38)36-14-28(15-36)12-35(13-28)23-7-5-21-26(34-23)27(31-16-29-21)33-19-4-6-22(18(2)10-19)39-20-8-9-37-24(11-20)30-17-32-37/h3,8-9,11,18-19,21-24,26-27,29-34H,1,4-7,10,12-17H2,2H3. The Bertz CT molecular complexity index is 1000. The zero-order valence-corrected chi connectivity index (χ0v) is 23.1. The molecule has 0 radical (unpaired) electrons. The van der Waals surface area contributed by atoms with Crippen molar-refractivity contribution in [3.63, 3.8) is 0 Å². The first-order valence-electron chi connectivity index (χ1n) is 14.9. The number of piperidine rings is 1. The molecule has 7 aliphatic rings. The highest BCUT2D eigenvalue weighted by molar-refractivity contribution is 5.87. The maximum absolute atomic E-state index is 11.9. The average Bonchev–Trinajstić information content (AvgIpc) is 3.37. The molecule has 0 aromatic rings. The van der Waals surface area contributed by atoms with Gasteiger partial charge in [0.15, 0.2) is 0 Å². The van der Waals surface area contributed by atoms with Gasteiger partial charge in [0.2, 0.25) is 5.91 Å². The van der Waals surface area contributed by atoms with Gasteiger partial charge in [-0.05, 0) is 56.3 Å². The number of nitrogens with zero attached hydrogens (tertiary/aromatic N) is 3. The van der Waals surface area contributed by atoms with Gasteiger partial charge in [-0.25, -0.2) is 5.43 Å². The Morgan fingerprint density at radius 2 is 2.00 bits per heavy atom. The normalized spacial score (nSPS) is 41.2. The van der Waals surface area contributed by atoms with Gasteiger partial charge in [0, 0.05) is 56.5 Å². The number of hydrazine groups is 1. The fourth-order valence-electron chi connectivity index (χ4n) is 7.95. The van der Waals surface area contributed by atoms with Gasteiger partial charge in [-0.1, -0.05) is 13.5 Å². The van der Waals surface area contributed by atoms with Crippen molar-refractivity contribution in [3.05, 3.63) is 36.8 Å². The molecule has 1 saturated carbocycles. The number of carbonyl (C=O) groups excluding carboxylic acids is 1. The van der Waals surface area contributed by atoms with Gasteiger partial charge >= 0.3 is 0 Å². The number of carbonyl (C=O) groups is 1. The van der Waals surface area contributed by atoms with E-state index in [4.69, 9.17) is 4.74 Å². The second kappa shape index (κ2) is 10.4. The van der Waals surface area contributed by atoms with Crippen LogP contribution in [0.4, 0.5) is 0 Å². The largest absolute Gasteiger partial charge is 0.490 e. The smallest absolute Gasteiger partial charge is 0.245 e. The highest BCUT2D eigenvalue weighted by Crippen LogP contribution is 2.41. The lowest BCUT2D eigenvalue weighted by Gasteiger charge is -2.63. The maximum Gasteiger partial charge on any atom is 0.245 e. The molecule has 1 amide bonds. The van der Waals surface area contributed by atoms with E-state index in [2.05, 4.69) is 73.8 Å². The van der Waals surface area contributed by atoms with Crippen molar-refractivity contribution < 1.29 is 9.53 Å². The molecule has 214 valence electrons. The first-order valence-corrected chi connectivity index (χ1v) is 14.9. The van der Waals surface area contributed by atoms with Gasteiger partial charge in [0.25, 0.3) is 0 Å². The van der Waals surface area contributed by atoms with E-state index >= 15 is 0 Å². The summed E-state index contributed by atoms with van der Waals surface area (Å²) < 4.78 is 6.48. The molecule has 0 aromatic heterocycles. The molecule has 6 N–H and O–H groups in total. The zero-order valence-electron chi connectivity index (χ0n) is 23.1. The third-order valence-corrected chi connectivity index (χ3v) is 10.1. The Balaban J connectivity index is 0.899. The SMILES string of the molecule is C=CC(=O)N1CC2(C1)CN(C1CCC3NCNC(NC4CCC(OC5=CC6NCNN6C=C5)C(C)C4)C3N1)C2. The molecular weight excluding hydrogens is 494 g/mol. The van der Waals surface area contributed by atoms with Crippen LogP contribution in [0.25, 0.3) is 0 Å². The second-order valence-electron chi connectivity index (χ2n) is 12.8. The van der Waals surface area contributed by atoms with E-state index in [0.717, 1.165) is 64.5 Å². The van der Waals surface area contributed by atoms with E-state index in [0.29, 0.717) is 35.6 Å². The fraction of sp³-hybridized carbons (Fsp3) is 0.750. The van der Waals surface area contributed by atoms with E-state index in [9.17, 15) is 4.79 Å². The minimum absolute atomic E-state index is 0.0686. The minimum atomic E-state index is 0.0686. The van der Waals surface area contributed by atoms with Gasteiger partial charge in [-0.3, -0.25) is 41.3 Å². The van der Waals surface area contributed by atoms with Crippen LogP contribution in [0.1, 0.15) is 39.0 Å². The molecule has 39 heavy (non-hydrogen) atoms. The molecule has 6 fully saturated rings. The fourth-order valence-corrected chi connectivity index (χ4v) is 7.95. The van der Waals surface area contributed by atoms with Crippen molar-refractivity contribution in [3.8, 4) is 0 Å². The number of nitrogens with one attached hydrogen (secondary N) is 6. The molecule has 6 aliphatic heterocycles. The number of fused-ring (bicyclic) bond motifs is 2. The third-order valence-electron chi connectivity index (χ3n) is 10.1. The van der Waals surface area contributed by atoms with E-state index < -0.39 is 0 Å². The summed E-state index contributed by atoms with van der Waals surface area (Å²) in [5, 5.41) is 20.9. The Morgan fingerprint density at radius 3 is 2.82 bits per heavy atom.